The number of hydrogen-bond acceptors (Lipinski definition) is 4. The van der Waals surface area contributed by atoms with E-state index >= 15 is 0 Å². The van der Waals surface area contributed by atoms with Crippen LogP contribution in [0.5, 0.6) is 0 Å². The summed E-state index contributed by atoms with van der Waals surface area (Å²) in [7, 11) is 0. The fourth-order valence-corrected chi connectivity index (χ4v) is 2.06. The quantitative estimate of drug-likeness (QED) is 0.800. The van der Waals surface area contributed by atoms with Crippen LogP contribution in [0.1, 0.15) is 29.0 Å². The highest BCUT2D eigenvalue weighted by atomic mass is 16.2. The Morgan fingerprint density at radius 1 is 1.18 bits per heavy atom. The number of carbonyl (C=O) groups is 1. The van der Waals surface area contributed by atoms with Gasteiger partial charge in [-0.05, 0) is 30.7 Å². The molecule has 0 fully saturated rings. The molecule has 2 heterocycles. The maximum atomic E-state index is 12.2. The van der Waals surface area contributed by atoms with Crippen LogP contribution in [0, 0.1) is 0 Å². The van der Waals surface area contributed by atoms with Gasteiger partial charge in [0.25, 0.3) is 5.91 Å². The average molecular weight is 293 g/mol. The number of aromatic nitrogens is 4. The van der Waals surface area contributed by atoms with Crippen LogP contribution < -0.4 is 5.32 Å². The van der Waals surface area contributed by atoms with Gasteiger partial charge in [0.1, 0.15) is 0 Å². The van der Waals surface area contributed by atoms with E-state index in [2.05, 4.69) is 20.6 Å². The van der Waals surface area contributed by atoms with Crippen LogP contribution in [-0.4, -0.2) is 25.9 Å². The summed E-state index contributed by atoms with van der Waals surface area (Å²) in [6.07, 6.45) is 5.04. The molecular formula is C16H15N5O. The molecule has 0 saturated carbocycles. The van der Waals surface area contributed by atoms with Crippen molar-refractivity contribution in [2.75, 3.05) is 0 Å². The van der Waals surface area contributed by atoms with E-state index in [9.17, 15) is 4.79 Å². The molecule has 0 aliphatic carbocycles. The van der Waals surface area contributed by atoms with Crippen LogP contribution in [0.4, 0.5) is 0 Å². The first-order chi connectivity index (χ1) is 10.7. The first-order valence-corrected chi connectivity index (χ1v) is 6.92. The summed E-state index contributed by atoms with van der Waals surface area (Å²) >= 11 is 0. The highest BCUT2D eigenvalue weighted by Gasteiger charge is 2.15. The van der Waals surface area contributed by atoms with E-state index in [1.54, 1.807) is 23.3 Å². The number of nitrogens with one attached hydrogen (secondary N) is 1. The van der Waals surface area contributed by atoms with Gasteiger partial charge in [-0.1, -0.05) is 29.5 Å². The minimum absolute atomic E-state index is 0.150. The number of amides is 1. The Morgan fingerprint density at radius 3 is 2.73 bits per heavy atom. The number of pyridine rings is 1. The highest BCUT2D eigenvalue weighted by Crippen LogP contribution is 2.11. The number of nitrogens with zero attached hydrogens (tertiary/aromatic N) is 4. The zero-order valence-electron chi connectivity index (χ0n) is 12.0. The lowest BCUT2D eigenvalue weighted by Crippen LogP contribution is -2.27. The minimum Gasteiger partial charge on any atom is -0.344 e. The van der Waals surface area contributed by atoms with Crippen molar-refractivity contribution in [3.63, 3.8) is 0 Å². The van der Waals surface area contributed by atoms with Gasteiger partial charge >= 0.3 is 0 Å². The molecule has 22 heavy (non-hydrogen) atoms. The van der Waals surface area contributed by atoms with Crippen molar-refractivity contribution in [2.24, 2.45) is 0 Å². The molecule has 2 aromatic heterocycles. The summed E-state index contributed by atoms with van der Waals surface area (Å²) < 4.78 is 1.57. The maximum Gasteiger partial charge on any atom is 0.273 e. The van der Waals surface area contributed by atoms with E-state index in [1.165, 1.54) is 0 Å². The molecule has 0 aliphatic rings. The molecule has 1 amide bonds. The van der Waals surface area contributed by atoms with E-state index in [0.717, 1.165) is 11.3 Å². The van der Waals surface area contributed by atoms with E-state index in [0.29, 0.717) is 0 Å². The number of rotatable bonds is 4. The predicted molar refractivity (Wildman–Crippen MR) is 81.5 cm³/mol. The smallest absolute Gasteiger partial charge is 0.273 e. The fourth-order valence-electron chi connectivity index (χ4n) is 2.06. The third-order valence-corrected chi connectivity index (χ3v) is 3.28. The second kappa shape index (κ2) is 6.17. The Hall–Kier alpha value is -3.02. The molecule has 0 spiro atoms. The molecule has 3 aromatic rings. The summed E-state index contributed by atoms with van der Waals surface area (Å²) in [5, 5.41) is 10.8. The number of benzene rings is 1. The summed E-state index contributed by atoms with van der Waals surface area (Å²) in [6.45, 7) is 1.90. The number of para-hydroxylation sites is 1. The Balaban J connectivity index is 1.72. The van der Waals surface area contributed by atoms with Crippen LogP contribution in [0.25, 0.3) is 5.69 Å². The number of hydrogen-bond donors (Lipinski definition) is 1. The maximum absolute atomic E-state index is 12.2. The van der Waals surface area contributed by atoms with Gasteiger partial charge in [-0.15, -0.1) is 5.10 Å². The standard InChI is InChI=1S/C16H15N5O/c1-12(13-6-5-9-17-10-13)18-16(22)15-11-21(20-19-15)14-7-3-2-4-8-14/h2-12H,1H3,(H,18,22). The van der Waals surface area contributed by atoms with E-state index in [4.69, 9.17) is 0 Å². The monoisotopic (exact) mass is 293 g/mol. The second-order valence-electron chi connectivity index (χ2n) is 4.87. The Bertz CT molecular complexity index is 754. The summed E-state index contributed by atoms with van der Waals surface area (Å²) in [6, 6.07) is 13.1. The lowest BCUT2D eigenvalue weighted by Gasteiger charge is -2.12. The van der Waals surface area contributed by atoms with Gasteiger partial charge in [0.15, 0.2) is 5.69 Å². The molecule has 1 unspecified atom stereocenters. The van der Waals surface area contributed by atoms with Crippen molar-refractivity contribution in [1.82, 2.24) is 25.3 Å². The van der Waals surface area contributed by atoms with Gasteiger partial charge in [0.2, 0.25) is 0 Å². The molecular weight excluding hydrogens is 278 g/mol. The third kappa shape index (κ3) is 3.01. The van der Waals surface area contributed by atoms with E-state index < -0.39 is 0 Å². The van der Waals surface area contributed by atoms with Gasteiger partial charge < -0.3 is 5.32 Å². The molecule has 6 nitrogen and oxygen atoms in total. The Labute approximate surface area is 127 Å². The molecule has 1 atom stereocenters. The lowest BCUT2D eigenvalue weighted by atomic mass is 10.1. The zero-order chi connectivity index (χ0) is 15.4. The van der Waals surface area contributed by atoms with Crippen molar-refractivity contribution < 1.29 is 4.79 Å². The van der Waals surface area contributed by atoms with Crippen LogP contribution in [-0.2, 0) is 0 Å². The minimum atomic E-state index is -0.265. The topological polar surface area (TPSA) is 72.7 Å². The van der Waals surface area contributed by atoms with Crippen molar-refractivity contribution in [3.8, 4) is 5.69 Å². The van der Waals surface area contributed by atoms with Crippen LogP contribution in [0.3, 0.4) is 0 Å². The van der Waals surface area contributed by atoms with Crippen LogP contribution >= 0.6 is 0 Å². The predicted octanol–water partition coefficient (Wildman–Crippen LogP) is 2.15. The Morgan fingerprint density at radius 2 is 2.00 bits per heavy atom. The van der Waals surface area contributed by atoms with Crippen molar-refractivity contribution in [3.05, 3.63) is 72.3 Å². The van der Waals surface area contributed by atoms with Crippen LogP contribution in [0.2, 0.25) is 0 Å². The van der Waals surface area contributed by atoms with Crippen molar-refractivity contribution in [2.45, 2.75) is 13.0 Å². The molecule has 110 valence electrons. The van der Waals surface area contributed by atoms with E-state index in [1.807, 2.05) is 49.4 Å². The average Bonchev–Trinajstić information content (AvgIpc) is 3.06. The van der Waals surface area contributed by atoms with Gasteiger partial charge in [-0.25, -0.2) is 4.68 Å². The molecule has 0 saturated heterocycles. The SMILES string of the molecule is CC(NC(=O)c1cn(-c2ccccc2)nn1)c1cccnc1. The molecule has 6 heteroatoms. The highest BCUT2D eigenvalue weighted by molar-refractivity contribution is 5.92. The Kier molecular flexibility index (Phi) is 3.91. The van der Waals surface area contributed by atoms with E-state index in [-0.39, 0.29) is 17.6 Å². The largest absolute Gasteiger partial charge is 0.344 e. The fraction of sp³-hybridized carbons (Fsp3) is 0.125. The first kappa shape index (κ1) is 13.9. The van der Waals surface area contributed by atoms with Crippen LogP contribution in [0.15, 0.2) is 61.1 Å². The van der Waals surface area contributed by atoms with Gasteiger partial charge in [-0.3, -0.25) is 9.78 Å². The van der Waals surface area contributed by atoms with Gasteiger partial charge in [0.05, 0.1) is 17.9 Å². The first-order valence-electron chi connectivity index (χ1n) is 6.92. The van der Waals surface area contributed by atoms with Crippen molar-refractivity contribution >= 4 is 5.91 Å². The summed E-state index contributed by atoms with van der Waals surface area (Å²) in [5.41, 5.74) is 2.07. The molecule has 0 bridgehead atoms. The van der Waals surface area contributed by atoms with Gasteiger partial charge in [0, 0.05) is 12.4 Å². The summed E-state index contributed by atoms with van der Waals surface area (Å²) in [4.78, 5) is 16.3. The summed E-state index contributed by atoms with van der Waals surface area (Å²) in [5.74, 6) is -0.265. The number of carbonyl (C=O) groups excluding carboxylic acids is 1. The lowest BCUT2D eigenvalue weighted by molar-refractivity contribution is 0.0934. The molecule has 1 aromatic carbocycles. The molecule has 3 rings (SSSR count). The van der Waals surface area contributed by atoms with Gasteiger partial charge in [-0.2, -0.15) is 0 Å². The normalized spacial score (nSPS) is 11.9. The molecule has 1 N–H and O–H groups in total. The zero-order valence-corrected chi connectivity index (χ0v) is 12.0. The van der Waals surface area contributed by atoms with Crippen molar-refractivity contribution in [1.29, 1.82) is 0 Å². The molecule has 0 aliphatic heterocycles. The third-order valence-electron chi connectivity index (χ3n) is 3.28. The molecule has 0 radical (unpaired) electrons. The second-order valence-corrected chi connectivity index (χ2v) is 4.87.